The van der Waals surface area contributed by atoms with Gasteiger partial charge < -0.3 is 0 Å². The maximum Gasteiger partial charge on any atom is 0.289 e. The summed E-state index contributed by atoms with van der Waals surface area (Å²) in [6.07, 6.45) is 2.67. The van der Waals surface area contributed by atoms with Gasteiger partial charge in [-0.15, -0.1) is 5.11 Å². The number of carbonyl (C=O) groups is 2. The van der Waals surface area contributed by atoms with Crippen molar-refractivity contribution in [3.8, 4) is 0 Å². The van der Waals surface area contributed by atoms with Crippen LogP contribution in [0.5, 0.6) is 0 Å². The van der Waals surface area contributed by atoms with E-state index in [2.05, 4.69) is 26.2 Å². The molecule has 0 radical (unpaired) electrons. The summed E-state index contributed by atoms with van der Waals surface area (Å²) in [6, 6.07) is 9.05. The molecule has 0 atom stereocenters. The van der Waals surface area contributed by atoms with Crippen molar-refractivity contribution in [2.24, 2.45) is 10.2 Å². The lowest BCUT2D eigenvalue weighted by Gasteiger charge is -1.87. The van der Waals surface area contributed by atoms with Crippen LogP contribution in [0.15, 0.2) is 52.8 Å². The van der Waals surface area contributed by atoms with Crippen LogP contribution in [-0.4, -0.2) is 10.6 Å². The zero-order valence-corrected chi connectivity index (χ0v) is 9.22. The number of nitrogens with zero attached hydrogens (tertiary/aromatic N) is 2. The van der Waals surface area contributed by atoms with Crippen molar-refractivity contribution in [2.75, 3.05) is 0 Å². The molecule has 2 rings (SSSR count). The first-order chi connectivity index (χ1) is 7.20. The molecule has 5 heteroatoms. The Hall–Kier alpha value is -1.62. The smallest absolute Gasteiger partial charge is 0.281 e. The van der Waals surface area contributed by atoms with Crippen LogP contribution in [0, 0.1) is 0 Å². The predicted molar refractivity (Wildman–Crippen MR) is 58.7 cm³/mol. The van der Waals surface area contributed by atoms with Gasteiger partial charge in [0.1, 0.15) is 0 Å². The van der Waals surface area contributed by atoms with Crippen LogP contribution >= 0.6 is 15.9 Å². The lowest BCUT2D eigenvalue weighted by molar-refractivity contribution is -0.113. The monoisotopic (exact) mass is 266 g/mol. The maximum atomic E-state index is 10.6. The Bertz CT molecular complexity index is 399. The molecule has 0 spiro atoms. The normalized spacial score (nSPS) is 12.2. The summed E-state index contributed by atoms with van der Waals surface area (Å²) in [5.74, 6) is -0.269. The van der Waals surface area contributed by atoms with E-state index < -0.39 is 0 Å². The second-order valence-electron chi connectivity index (χ2n) is 2.51. The number of benzene rings is 1. The number of azo groups is 1. The minimum atomic E-state index is -0.269. The van der Waals surface area contributed by atoms with Crippen molar-refractivity contribution in [3.05, 3.63) is 48.2 Å². The Balaban J connectivity index is 0.000000162. The molecular formula is C10H7BrN2O2. The topological polar surface area (TPSA) is 58.9 Å². The van der Waals surface area contributed by atoms with Crippen molar-refractivity contribution >= 4 is 26.5 Å². The lowest BCUT2D eigenvalue weighted by Crippen LogP contribution is -1.83. The van der Waals surface area contributed by atoms with Crippen molar-refractivity contribution in [1.82, 2.24) is 0 Å². The molecule has 0 unspecified atom stereocenters. The summed E-state index contributed by atoms with van der Waals surface area (Å²) in [7, 11) is 0. The predicted octanol–water partition coefficient (Wildman–Crippen LogP) is 2.71. The fourth-order valence-corrected chi connectivity index (χ4v) is 1.05. The fraction of sp³-hybridized carbons (Fsp3) is 0. The third-order valence-electron chi connectivity index (χ3n) is 1.44. The summed E-state index contributed by atoms with van der Waals surface area (Å²) in [6.45, 7) is 0. The Morgan fingerprint density at radius 1 is 1.20 bits per heavy atom. The van der Waals surface area contributed by atoms with E-state index in [0.717, 1.165) is 0 Å². The largest absolute Gasteiger partial charge is 0.289 e. The van der Waals surface area contributed by atoms with Crippen LogP contribution in [0.1, 0.15) is 10.4 Å². The molecule has 76 valence electrons. The van der Waals surface area contributed by atoms with Crippen molar-refractivity contribution in [3.63, 3.8) is 0 Å². The Morgan fingerprint density at radius 2 is 1.87 bits per heavy atom. The molecule has 1 aliphatic rings. The first kappa shape index (κ1) is 11.5. The van der Waals surface area contributed by atoms with E-state index in [9.17, 15) is 9.59 Å². The maximum absolute atomic E-state index is 10.6. The standard InChI is InChI=1S/C7H5BrO.C3H2N2O/c8-7(9)6-4-2-1-3-5-6;6-3-1-2-4-5-3/h1-5H;1-2H. The van der Waals surface area contributed by atoms with Gasteiger partial charge in [-0.3, -0.25) is 9.59 Å². The van der Waals surface area contributed by atoms with Gasteiger partial charge in [0.15, 0.2) is 0 Å². The summed E-state index contributed by atoms with van der Waals surface area (Å²) in [5.41, 5.74) is 0.692. The third kappa shape index (κ3) is 4.42. The van der Waals surface area contributed by atoms with Gasteiger partial charge in [0.25, 0.3) is 5.91 Å². The molecule has 1 heterocycles. The number of hydrogen-bond donors (Lipinski definition) is 0. The van der Waals surface area contributed by atoms with Crippen LogP contribution < -0.4 is 0 Å². The number of rotatable bonds is 1. The summed E-state index contributed by atoms with van der Waals surface area (Å²) < 4.78 is -0.0666. The van der Waals surface area contributed by atoms with Crippen LogP contribution in [0.2, 0.25) is 0 Å². The van der Waals surface area contributed by atoms with Gasteiger partial charge in [-0.05, 0) is 15.9 Å². The van der Waals surface area contributed by atoms with E-state index in [1.807, 2.05) is 18.2 Å². The Labute approximate surface area is 94.8 Å². The van der Waals surface area contributed by atoms with E-state index in [4.69, 9.17) is 0 Å². The second-order valence-corrected chi connectivity index (χ2v) is 3.23. The van der Waals surface area contributed by atoms with Crippen LogP contribution in [0.25, 0.3) is 0 Å². The second kappa shape index (κ2) is 5.98. The summed E-state index contributed by atoms with van der Waals surface area (Å²) >= 11 is 2.84. The molecule has 1 aromatic carbocycles. The van der Waals surface area contributed by atoms with Gasteiger partial charge in [0.2, 0.25) is 4.69 Å². The average molecular weight is 267 g/mol. The first-order valence-corrected chi connectivity index (χ1v) is 4.85. The quantitative estimate of drug-likeness (QED) is 0.734. The Kier molecular flexibility index (Phi) is 4.56. The number of amides is 1. The van der Waals surface area contributed by atoms with Crippen LogP contribution in [0.4, 0.5) is 0 Å². The van der Waals surface area contributed by atoms with E-state index in [-0.39, 0.29) is 10.6 Å². The zero-order valence-electron chi connectivity index (χ0n) is 7.63. The molecule has 0 N–H and O–H groups in total. The van der Waals surface area contributed by atoms with E-state index in [1.165, 1.54) is 12.3 Å². The van der Waals surface area contributed by atoms with Crippen molar-refractivity contribution < 1.29 is 9.59 Å². The number of hydrogen-bond acceptors (Lipinski definition) is 3. The SMILES string of the molecule is O=C(Br)c1ccccc1.O=C1C=CN=N1. The molecule has 1 aromatic rings. The molecule has 4 nitrogen and oxygen atoms in total. The highest BCUT2D eigenvalue weighted by Crippen LogP contribution is 2.03. The Morgan fingerprint density at radius 3 is 2.13 bits per heavy atom. The van der Waals surface area contributed by atoms with Crippen molar-refractivity contribution in [2.45, 2.75) is 0 Å². The minimum absolute atomic E-state index is 0.0666. The van der Waals surface area contributed by atoms with E-state index in [1.54, 1.807) is 12.1 Å². The van der Waals surface area contributed by atoms with Gasteiger partial charge in [0.05, 0.1) is 6.20 Å². The van der Waals surface area contributed by atoms with Crippen molar-refractivity contribution in [1.29, 1.82) is 0 Å². The third-order valence-corrected chi connectivity index (χ3v) is 1.90. The molecule has 15 heavy (non-hydrogen) atoms. The van der Waals surface area contributed by atoms with Gasteiger partial charge in [0, 0.05) is 11.6 Å². The molecular weight excluding hydrogens is 260 g/mol. The van der Waals surface area contributed by atoms with Gasteiger partial charge >= 0.3 is 0 Å². The molecule has 0 fully saturated rings. The van der Waals surface area contributed by atoms with Gasteiger partial charge in [-0.25, -0.2) is 0 Å². The average Bonchev–Trinajstić information content (AvgIpc) is 2.71. The molecule has 0 aliphatic carbocycles. The van der Waals surface area contributed by atoms with Crippen LogP contribution in [0.3, 0.4) is 0 Å². The lowest BCUT2D eigenvalue weighted by atomic mass is 10.2. The highest BCUT2D eigenvalue weighted by atomic mass is 79.9. The zero-order chi connectivity index (χ0) is 11.1. The molecule has 0 saturated heterocycles. The minimum Gasteiger partial charge on any atom is -0.281 e. The van der Waals surface area contributed by atoms with E-state index >= 15 is 0 Å². The molecule has 1 amide bonds. The highest BCUT2D eigenvalue weighted by molar-refractivity contribution is 9.18. The summed E-state index contributed by atoms with van der Waals surface area (Å²) in [4.78, 5) is 20.5. The van der Waals surface area contributed by atoms with Gasteiger partial charge in [-0.2, -0.15) is 5.11 Å². The first-order valence-electron chi connectivity index (χ1n) is 4.06. The molecule has 0 bridgehead atoms. The van der Waals surface area contributed by atoms with Gasteiger partial charge in [-0.1, -0.05) is 30.3 Å². The number of carbonyl (C=O) groups excluding carboxylic acids is 2. The molecule has 0 aromatic heterocycles. The van der Waals surface area contributed by atoms with Crippen LogP contribution in [-0.2, 0) is 4.79 Å². The number of halogens is 1. The highest BCUT2D eigenvalue weighted by Gasteiger charge is 1.95. The summed E-state index contributed by atoms with van der Waals surface area (Å²) in [5, 5.41) is 6.37. The molecule has 0 saturated carbocycles. The van der Waals surface area contributed by atoms with E-state index in [0.29, 0.717) is 5.56 Å². The molecule has 1 aliphatic heterocycles. The fourth-order valence-electron chi connectivity index (χ4n) is 0.790.